The van der Waals surface area contributed by atoms with Crippen LogP contribution in [-0.2, 0) is 57.1 Å². The van der Waals surface area contributed by atoms with Gasteiger partial charge in [0.25, 0.3) is 0 Å². The van der Waals surface area contributed by atoms with Gasteiger partial charge >= 0.3 is 29.2 Å². The summed E-state index contributed by atoms with van der Waals surface area (Å²) in [6, 6.07) is 2.57. The molecule has 0 saturated carbocycles. The smallest absolute Gasteiger partial charge is 0.481 e. The number of nitrogens with one attached hydrogen (secondary N) is 2. The zero-order chi connectivity index (χ0) is 47.1. The Morgan fingerprint density at radius 2 is 1.76 bits per heavy atom. The standard InChI is InChI=1S/C30H44N9O20P3S/c1-30(2,24(43)27(44)34-6-5-20(41)33-7-8-63-29(45)16(31)9-15-3-4-18(40)17(10-15)39(46)47)12-56-62(53,54)59-61(51,52)55-11-19-23(58-60(48,49)50)22(42)28(57-19)38-14-37-21-25(32)35-13-36-26(21)38/h3-4,10,13-14,16,19,22-24,28,40,42-43H,5-9,11-12,31H2,1-2H3,(H,33,41)(H,34,44)(H,51,52)(H,53,54)(H2,32,35,36)(H2,48,49,50). The van der Waals surface area contributed by atoms with E-state index in [1.54, 1.807) is 0 Å². The number of nitro benzene ring substituents is 1. The van der Waals surface area contributed by atoms with E-state index in [-0.39, 0.29) is 48.7 Å². The number of aliphatic hydroxyl groups is 2. The molecule has 350 valence electrons. The van der Waals surface area contributed by atoms with Crippen LogP contribution in [0.2, 0.25) is 0 Å². The number of aromatic hydroxyl groups is 1. The van der Waals surface area contributed by atoms with Gasteiger partial charge < -0.3 is 61.7 Å². The molecule has 0 radical (unpaired) electrons. The van der Waals surface area contributed by atoms with Crippen LogP contribution in [0.25, 0.3) is 11.2 Å². The maximum atomic E-state index is 12.7. The number of ether oxygens (including phenoxy) is 1. The number of phenols is 1. The molecule has 3 aromatic rings. The number of phosphoric acid groups is 3. The van der Waals surface area contributed by atoms with Crippen LogP contribution >= 0.6 is 35.2 Å². The zero-order valence-corrected chi connectivity index (χ0v) is 36.4. The maximum Gasteiger partial charge on any atom is 0.481 e. The van der Waals surface area contributed by atoms with Crippen LogP contribution in [0.5, 0.6) is 5.75 Å². The first kappa shape index (κ1) is 51.6. The van der Waals surface area contributed by atoms with E-state index >= 15 is 0 Å². The van der Waals surface area contributed by atoms with Gasteiger partial charge in [0.15, 0.2) is 23.4 Å². The highest BCUT2D eigenvalue weighted by Gasteiger charge is 2.50. The summed E-state index contributed by atoms with van der Waals surface area (Å²) in [6.45, 7) is 0.0560. The third kappa shape index (κ3) is 14.7. The number of phosphoric ester groups is 3. The van der Waals surface area contributed by atoms with Crippen molar-refractivity contribution in [2.75, 3.05) is 37.8 Å². The fourth-order valence-electron chi connectivity index (χ4n) is 5.57. The number of amides is 2. The number of benzene rings is 1. The molecule has 2 amide bonds. The predicted octanol–water partition coefficient (Wildman–Crippen LogP) is -1.15. The number of nitrogen functional groups attached to an aromatic ring is 1. The third-order valence-corrected chi connectivity index (χ3v) is 12.8. The minimum atomic E-state index is -5.61. The second kappa shape index (κ2) is 21.3. The zero-order valence-electron chi connectivity index (χ0n) is 32.9. The first-order valence-corrected chi connectivity index (χ1v) is 23.5. The van der Waals surface area contributed by atoms with Crippen LogP contribution < -0.4 is 22.1 Å². The molecule has 8 unspecified atom stereocenters. The lowest BCUT2D eigenvalue weighted by molar-refractivity contribution is -0.385. The minimum Gasteiger partial charge on any atom is -0.502 e. The van der Waals surface area contributed by atoms with Crippen LogP contribution in [0, 0.1) is 15.5 Å². The molecule has 29 nitrogen and oxygen atoms in total. The fourth-order valence-corrected chi connectivity index (χ4v) is 9.10. The molecule has 13 N–H and O–H groups in total. The topological polar surface area (TPSA) is 453 Å². The highest BCUT2D eigenvalue weighted by Crippen LogP contribution is 2.61. The number of imidazole rings is 1. The number of aliphatic hydroxyl groups excluding tert-OH is 2. The van der Waals surface area contributed by atoms with Crippen LogP contribution in [-0.4, -0.2) is 139 Å². The first-order valence-electron chi connectivity index (χ1n) is 18.0. The molecule has 63 heavy (non-hydrogen) atoms. The molecule has 1 aliphatic rings. The molecule has 0 bridgehead atoms. The van der Waals surface area contributed by atoms with Gasteiger partial charge in [0, 0.05) is 36.7 Å². The summed E-state index contributed by atoms with van der Waals surface area (Å²) in [7, 11) is -16.5. The van der Waals surface area contributed by atoms with Gasteiger partial charge in [0.1, 0.15) is 36.3 Å². The van der Waals surface area contributed by atoms with Gasteiger partial charge in [-0.2, -0.15) is 4.31 Å². The Hall–Kier alpha value is -4.06. The van der Waals surface area contributed by atoms with Gasteiger partial charge in [-0.15, -0.1) is 0 Å². The monoisotopic (exact) mass is 975 g/mol. The summed E-state index contributed by atoms with van der Waals surface area (Å²) in [5.74, 6) is -2.08. The number of hydrogen-bond acceptors (Lipinski definition) is 22. The largest absolute Gasteiger partial charge is 0.502 e. The van der Waals surface area contributed by atoms with E-state index in [4.69, 9.17) is 25.3 Å². The van der Waals surface area contributed by atoms with Gasteiger partial charge in [-0.3, -0.25) is 42.6 Å². The number of nitro groups is 1. The normalized spacial score (nSPS) is 21.0. The molecular formula is C30H44N9O20P3S. The van der Waals surface area contributed by atoms with Crippen molar-refractivity contribution in [1.29, 1.82) is 0 Å². The SMILES string of the molecule is CC(C)(COP(=O)(O)OP(=O)(O)OCC1OC(n2cnc3c(N)ncnc32)C(O)C1OP(=O)(O)O)C(O)C(=O)NCCC(=O)NCCSC(=O)C(N)Cc1ccc(O)c([N+](=O)[O-])c1. The summed E-state index contributed by atoms with van der Waals surface area (Å²) < 4.78 is 62.1. The number of aromatic nitrogens is 4. The predicted molar refractivity (Wildman–Crippen MR) is 214 cm³/mol. The molecule has 1 saturated heterocycles. The van der Waals surface area contributed by atoms with Crippen molar-refractivity contribution in [2.45, 2.75) is 63.4 Å². The van der Waals surface area contributed by atoms with Crippen molar-refractivity contribution in [3.05, 3.63) is 46.5 Å². The van der Waals surface area contributed by atoms with Crippen LogP contribution in [0.15, 0.2) is 30.9 Å². The summed E-state index contributed by atoms with van der Waals surface area (Å²) >= 11 is 0.803. The average Bonchev–Trinajstić information content (AvgIpc) is 3.75. The summed E-state index contributed by atoms with van der Waals surface area (Å²) in [5.41, 5.74) is 9.87. The fraction of sp³-hybridized carbons (Fsp3) is 0.533. The second-order valence-corrected chi connectivity index (χ2v) is 19.5. The number of thioether (sulfide) groups is 1. The van der Waals surface area contributed by atoms with E-state index in [0.29, 0.717) is 5.56 Å². The number of rotatable bonds is 23. The number of nitrogens with two attached hydrogens (primary N) is 2. The number of carbonyl (C=O) groups is 3. The number of phenolic OH excluding ortho intramolecular Hbond substituents is 1. The van der Waals surface area contributed by atoms with E-state index in [0.717, 1.165) is 41.1 Å². The molecule has 8 atom stereocenters. The third-order valence-electron chi connectivity index (χ3n) is 8.74. The van der Waals surface area contributed by atoms with Crippen molar-refractivity contribution in [1.82, 2.24) is 30.2 Å². The van der Waals surface area contributed by atoms with E-state index in [2.05, 4.69) is 34.4 Å². The molecule has 1 aliphatic heterocycles. The summed E-state index contributed by atoms with van der Waals surface area (Å²) in [5, 5.41) is 46.4. The van der Waals surface area contributed by atoms with Crippen molar-refractivity contribution >= 4 is 74.8 Å². The van der Waals surface area contributed by atoms with Crippen molar-refractivity contribution < 1.29 is 90.5 Å². The molecule has 1 aromatic carbocycles. The summed E-state index contributed by atoms with van der Waals surface area (Å²) in [6.07, 6.45) is -7.27. The Bertz CT molecular complexity index is 2300. The lowest BCUT2D eigenvalue weighted by Crippen LogP contribution is -2.46. The molecular weight excluding hydrogens is 931 g/mol. The van der Waals surface area contributed by atoms with Gasteiger partial charge in [-0.05, 0) is 18.1 Å². The van der Waals surface area contributed by atoms with Gasteiger partial charge in [-0.1, -0.05) is 31.7 Å². The highest BCUT2D eigenvalue weighted by molar-refractivity contribution is 8.13. The Morgan fingerprint density at radius 1 is 1.08 bits per heavy atom. The van der Waals surface area contributed by atoms with Crippen molar-refractivity contribution in [3.63, 3.8) is 0 Å². The van der Waals surface area contributed by atoms with Crippen LogP contribution in [0.3, 0.4) is 0 Å². The molecule has 4 rings (SSSR count). The number of carbonyl (C=O) groups excluding carboxylic acids is 3. The highest BCUT2D eigenvalue weighted by atomic mass is 32.2. The first-order chi connectivity index (χ1) is 29.2. The van der Waals surface area contributed by atoms with Crippen LogP contribution in [0.4, 0.5) is 11.5 Å². The lowest BCUT2D eigenvalue weighted by atomic mass is 9.87. The Balaban J connectivity index is 1.19. The van der Waals surface area contributed by atoms with Gasteiger partial charge in [0.2, 0.25) is 16.9 Å². The Kier molecular flexibility index (Phi) is 17.4. The van der Waals surface area contributed by atoms with E-state index in [1.807, 2.05) is 0 Å². The Labute approximate surface area is 359 Å². The van der Waals surface area contributed by atoms with Gasteiger partial charge in [-0.25, -0.2) is 28.6 Å². The molecule has 2 aromatic heterocycles. The average molecular weight is 976 g/mol. The van der Waals surface area contributed by atoms with E-state index in [9.17, 15) is 73.1 Å². The molecule has 0 spiro atoms. The number of nitrogens with zero attached hydrogens (tertiary/aromatic N) is 5. The lowest BCUT2D eigenvalue weighted by Gasteiger charge is -2.30. The van der Waals surface area contributed by atoms with Crippen molar-refractivity contribution in [2.24, 2.45) is 11.1 Å². The van der Waals surface area contributed by atoms with Crippen LogP contribution in [0.1, 0.15) is 32.1 Å². The van der Waals surface area contributed by atoms with E-state index in [1.165, 1.54) is 19.9 Å². The molecule has 33 heteroatoms. The number of fused-ring (bicyclic) bond motifs is 1. The molecule has 3 heterocycles. The van der Waals surface area contributed by atoms with E-state index < -0.39 is 112 Å². The maximum absolute atomic E-state index is 12.7. The quantitative estimate of drug-likeness (QED) is 0.0231. The Morgan fingerprint density at radius 3 is 2.43 bits per heavy atom. The minimum absolute atomic E-state index is 0.0116. The van der Waals surface area contributed by atoms with Gasteiger partial charge in [0.05, 0.1) is 30.5 Å². The molecule has 1 fully saturated rings. The second-order valence-electron chi connectivity index (χ2n) is 14.1. The van der Waals surface area contributed by atoms with Crippen molar-refractivity contribution in [3.8, 4) is 5.75 Å². The summed E-state index contributed by atoms with van der Waals surface area (Å²) in [4.78, 5) is 98.5. The molecule has 0 aliphatic carbocycles. The number of hydrogen-bond donors (Lipinski definition) is 11. The number of anilines is 1.